The standard InChI is InChI=1S/C12H18N4S/c1-10-7-15-11(16-8-10)17-6-4-3-5-12(2,14)9-13/h7-8H,3-6,14H2,1-2H3. The highest BCUT2D eigenvalue weighted by molar-refractivity contribution is 7.99. The average molecular weight is 250 g/mol. The van der Waals surface area contributed by atoms with E-state index in [4.69, 9.17) is 11.0 Å². The van der Waals surface area contributed by atoms with Gasteiger partial charge in [0.2, 0.25) is 0 Å². The van der Waals surface area contributed by atoms with Gasteiger partial charge in [-0.25, -0.2) is 9.97 Å². The van der Waals surface area contributed by atoms with Gasteiger partial charge in [0.1, 0.15) is 5.54 Å². The van der Waals surface area contributed by atoms with Crippen LogP contribution in [0.25, 0.3) is 0 Å². The summed E-state index contributed by atoms with van der Waals surface area (Å²) in [5, 5.41) is 9.57. The van der Waals surface area contributed by atoms with Crippen LogP contribution in [0.5, 0.6) is 0 Å². The predicted octanol–water partition coefficient (Wildman–Crippen LogP) is 2.29. The van der Waals surface area contributed by atoms with Crippen LogP contribution in [0.3, 0.4) is 0 Å². The molecule has 1 unspecified atom stereocenters. The van der Waals surface area contributed by atoms with E-state index in [-0.39, 0.29) is 0 Å². The van der Waals surface area contributed by atoms with Crippen LogP contribution in [-0.4, -0.2) is 21.3 Å². The zero-order valence-corrected chi connectivity index (χ0v) is 11.1. The first kappa shape index (κ1) is 13.9. The van der Waals surface area contributed by atoms with Gasteiger partial charge in [-0.3, -0.25) is 0 Å². The number of unbranched alkanes of at least 4 members (excludes halogenated alkanes) is 1. The quantitative estimate of drug-likeness (QED) is 0.476. The molecule has 92 valence electrons. The van der Waals surface area contributed by atoms with Gasteiger partial charge in [0.25, 0.3) is 0 Å². The Hall–Kier alpha value is -1.12. The lowest BCUT2D eigenvalue weighted by molar-refractivity contribution is 0.518. The van der Waals surface area contributed by atoms with Crippen molar-refractivity contribution in [1.82, 2.24) is 9.97 Å². The molecule has 0 aliphatic heterocycles. The second-order valence-corrected chi connectivity index (χ2v) is 5.44. The highest BCUT2D eigenvalue weighted by Gasteiger charge is 2.15. The molecule has 0 saturated carbocycles. The predicted molar refractivity (Wildman–Crippen MR) is 69.5 cm³/mol. The number of thioether (sulfide) groups is 1. The highest BCUT2D eigenvalue weighted by Crippen LogP contribution is 2.16. The molecule has 1 aromatic rings. The van der Waals surface area contributed by atoms with Crippen LogP contribution >= 0.6 is 11.8 Å². The van der Waals surface area contributed by atoms with Gasteiger partial charge >= 0.3 is 0 Å². The molecule has 1 heterocycles. The highest BCUT2D eigenvalue weighted by atomic mass is 32.2. The summed E-state index contributed by atoms with van der Waals surface area (Å²) in [6, 6.07) is 2.10. The van der Waals surface area contributed by atoms with Crippen LogP contribution in [-0.2, 0) is 0 Å². The van der Waals surface area contributed by atoms with E-state index in [2.05, 4.69) is 16.0 Å². The monoisotopic (exact) mass is 250 g/mol. The molecule has 0 radical (unpaired) electrons. The van der Waals surface area contributed by atoms with Gasteiger partial charge in [-0.15, -0.1) is 0 Å². The number of hydrogen-bond acceptors (Lipinski definition) is 5. The fraction of sp³-hybridized carbons (Fsp3) is 0.583. The number of nitrogens with zero attached hydrogens (tertiary/aromatic N) is 3. The molecule has 0 spiro atoms. The summed E-state index contributed by atoms with van der Waals surface area (Å²) >= 11 is 1.64. The number of nitrogens with two attached hydrogens (primary N) is 1. The summed E-state index contributed by atoms with van der Waals surface area (Å²) in [7, 11) is 0. The molecule has 2 N–H and O–H groups in total. The van der Waals surface area contributed by atoms with Crippen molar-refractivity contribution in [2.45, 2.75) is 43.8 Å². The summed E-state index contributed by atoms with van der Waals surface area (Å²) in [5.74, 6) is 0.963. The van der Waals surface area contributed by atoms with Crippen LogP contribution in [0.15, 0.2) is 17.6 Å². The minimum atomic E-state index is -0.689. The Morgan fingerprint density at radius 1 is 1.41 bits per heavy atom. The maximum Gasteiger partial charge on any atom is 0.187 e. The Kier molecular flexibility index (Phi) is 5.39. The van der Waals surface area contributed by atoms with Crippen LogP contribution in [0, 0.1) is 18.3 Å². The number of rotatable bonds is 6. The van der Waals surface area contributed by atoms with E-state index in [1.165, 1.54) is 0 Å². The van der Waals surface area contributed by atoms with E-state index >= 15 is 0 Å². The van der Waals surface area contributed by atoms with Crippen molar-refractivity contribution in [2.24, 2.45) is 5.73 Å². The molecule has 1 aromatic heterocycles. The van der Waals surface area contributed by atoms with Crippen molar-refractivity contribution in [3.8, 4) is 6.07 Å². The van der Waals surface area contributed by atoms with Crippen molar-refractivity contribution < 1.29 is 0 Å². The minimum Gasteiger partial charge on any atom is -0.314 e. The summed E-state index contributed by atoms with van der Waals surface area (Å²) < 4.78 is 0. The molecule has 0 aromatic carbocycles. The Balaban J connectivity index is 2.17. The first-order valence-electron chi connectivity index (χ1n) is 5.65. The first-order chi connectivity index (χ1) is 8.03. The zero-order chi connectivity index (χ0) is 12.7. The Bertz CT molecular complexity index is 380. The maximum atomic E-state index is 8.75. The SMILES string of the molecule is Cc1cnc(SCCCCC(C)(N)C#N)nc1. The van der Waals surface area contributed by atoms with Crippen molar-refractivity contribution >= 4 is 11.8 Å². The maximum absolute atomic E-state index is 8.75. The molecular formula is C12H18N4S. The molecule has 4 nitrogen and oxygen atoms in total. The third-order valence-electron chi connectivity index (χ3n) is 2.33. The fourth-order valence-corrected chi connectivity index (χ4v) is 2.05. The minimum absolute atomic E-state index is 0.689. The lowest BCUT2D eigenvalue weighted by atomic mass is 9.99. The van der Waals surface area contributed by atoms with Crippen LogP contribution in [0.1, 0.15) is 31.7 Å². The molecule has 0 aliphatic carbocycles. The van der Waals surface area contributed by atoms with Gasteiger partial charge in [0.15, 0.2) is 5.16 Å². The van der Waals surface area contributed by atoms with Gasteiger partial charge in [0, 0.05) is 18.1 Å². The molecule has 0 fully saturated rings. The number of nitriles is 1. The van der Waals surface area contributed by atoms with Gasteiger partial charge < -0.3 is 5.73 Å². The Morgan fingerprint density at radius 2 is 2.06 bits per heavy atom. The van der Waals surface area contributed by atoms with Gasteiger partial charge in [-0.2, -0.15) is 5.26 Å². The Morgan fingerprint density at radius 3 is 2.65 bits per heavy atom. The molecule has 0 saturated heterocycles. The molecule has 0 aliphatic rings. The topological polar surface area (TPSA) is 75.6 Å². The lowest BCUT2D eigenvalue weighted by Crippen LogP contribution is -2.33. The lowest BCUT2D eigenvalue weighted by Gasteiger charge is -2.14. The van der Waals surface area contributed by atoms with Crippen molar-refractivity contribution in [2.75, 3.05) is 5.75 Å². The van der Waals surface area contributed by atoms with E-state index in [1.807, 2.05) is 19.3 Å². The third-order valence-corrected chi connectivity index (χ3v) is 3.30. The normalized spacial score (nSPS) is 14.0. The fourth-order valence-electron chi connectivity index (χ4n) is 1.27. The second-order valence-electron chi connectivity index (χ2n) is 4.38. The van der Waals surface area contributed by atoms with Crippen LogP contribution in [0.4, 0.5) is 0 Å². The molecule has 0 amide bonds. The Labute approximate surface area is 107 Å². The number of hydrogen-bond donors (Lipinski definition) is 1. The van der Waals surface area contributed by atoms with Crippen molar-refractivity contribution in [3.05, 3.63) is 18.0 Å². The van der Waals surface area contributed by atoms with Gasteiger partial charge in [-0.05, 0) is 38.7 Å². The largest absolute Gasteiger partial charge is 0.314 e. The van der Waals surface area contributed by atoms with Crippen molar-refractivity contribution in [3.63, 3.8) is 0 Å². The first-order valence-corrected chi connectivity index (χ1v) is 6.64. The van der Waals surface area contributed by atoms with E-state index in [1.54, 1.807) is 18.7 Å². The van der Waals surface area contributed by atoms with Crippen molar-refractivity contribution in [1.29, 1.82) is 5.26 Å². The summed E-state index contributed by atoms with van der Waals surface area (Å²) in [6.45, 7) is 3.74. The molecule has 1 rings (SSSR count). The van der Waals surface area contributed by atoms with Crippen LogP contribution in [0.2, 0.25) is 0 Å². The van der Waals surface area contributed by atoms with E-state index in [0.717, 1.165) is 35.7 Å². The van der Waals surface area contributed by atoms with E-state index < -0.39 is 5.54 Å². The summed E-state index contributed by atoms with van der Waals surface area (Å²) in [5.41, 5.74) is 6.12. The molecule has 17 heavy (non-hydrogen) atoms. The molecule has 0 bridgehead atoms. The average Bonchev–Trinajstić information content (AvgIpc) is 2.31. The van der Waals surface area contributed by atoms with Gasteiger partial charge in [0.05, 0.1) is 6.07 Å². The van der Waals surface area contributed by atoms with E-state index in [9.17, 15) is 0 Å². The molecule has 1 atom stereocenters. The smallest absolute Gasteiger partial charge is 0.187 e. The molecular weight excluding hydrogens is 232 g/mol. The second kappa shape index (κ2) is 6.58. The van der Waals surface area contributed by atoms with Crippen LogP contribution < -0.4 is 5.73 Å². The number of aryl methyl sites for hydroxylation is 1. The summed E-state index contributed by atoms with van der Waals surface area (Å²) in [4.78, 5) is 8.43. The molecule has 5 heteroatoms. The van der Waals surface area contributed by atoms with E-state index in [0.29, 0.717) is 0 Å². The zero-order valence-electron chi connectivity index (χ0n) is 10.3. The van der Waals surface area contributed by atoms with Gasteiger partial charge in [-0.1, -0.05) is 11.8 Å². The third kappa shape index (κ3) is 5.66. The number of aromatic nitrogens is 2. The summed E-state index contributed by atoms with van der Waals surface area (Å²) in [6.07, 6.45) is 6.36.